The van der Waals surface area contributed by atoms with Gasteiger partial charge in [0.15, 0.2) is 0 Å². The third kappa shape index (κ3) is 7.42. The van der Waals surface area contributed by atoms with Gasteiger partial charge in [0, 0.05) is 68.5 Å². The third-order valence-corrected chi connectivity index (χ3v) is 7.01. The fourth-order valence-electron chi connectivity index (χ4n) is 4.92. The second kappa shape index (κ2) is 12.4. The standard InChI is InChI=1S/C26H33F3N6O4/c1-2-10-31-25(36)34-14-12-33(13-15-34)20-9-11-30-24(17-20)39-21-6-3-18(4-7-21)32-19-5-8-23(35(37)38)22(16-19)26(27,28)29/h5,8-9,11,16-18,21,32H,2-4,6-7,10,12-15H2,1H3,(H,31,36)/t18-,21-. The molecule has 13 heteroatoms. The molecule has 0 spiro atoms. The van der Waals surface area contributed by atoms with Gasteiger partial charge in [0.1, 0.15) is 11.7 Å². The molecule has 1 aromatic carbocycles. The highest BCUT2D eigenvalue weighted by molar-refractivity contribution is 5.74. The van der Waals surface area contributed by atoms with E-state index in [0.717, 1.165) is 24.2 Å². The van der Waals surface area contributed by atoms with Crippen molar-refractivity contribution in [1.29, 1.82) is 0 Å². The van der Waals surface area contributed by atoms with E-state index < -0.39 is 22.4 Å². The van der Waals surface area contributed by atoms with Crippen molar-refractivity contribution in [3.63, 3.8) is 0 Å². The lowest BCUT2D eigenvalue weighted by molar-refractivity contribution is -0.388. The van der Waals surface area contributed by atoms with E-state index in [4.69, 9.17) is 4.74 Å². The van der Waals surface area contributed by atoms with E-state index in [9.17, 15) is 28.1 Å². The fourth-order valence-corrected chi connectivity index (χ4v) is 4.92. The Morgan fingerprint density at radius 3 is 2.49 bits per heavy atom. The summed E-state index contributed by atoms with van der Waals surface area (Å²) < 4.78 is 46.0. The minimum Gasteiger partial charge on any atom is -0.474 e. The monoisotopic (exact) mass is 550 g/mol. The molecule has 4 rings (SSSR count). The highest BCUT2D eigenvalue weighted by Crippen LogP contribution is 2.38. The smallest absolute Gasteiger partial charge is 0.423 e. The van der Waals surface area contributed by atoms with Gasteiger partial charge in [-0.1, -0.05) is 6.92 Å². The van der Waals surface area contributed by atoms with Crippen molar-refractivity contribution in [3.05, 3.63) is 52.2 Å². The summed E-state index contributed by atoms with van der Waals surface area (Å²) >= 11 is 0. The molecule has 1 saturated carbocycles. The number of aromatic nitrogens is 1. The van der Waals surface area contributed by atoms with Crippen molar-refractivity contribution in [2.75, 3.05) is 42.9 Å². The number of nitrogens with one attached hydrogen (secondary N) is 2. The number of hydrogen-bond donors (Lipinski definition) is 2. The van der Waals surface area contributed by atoms with Crippen LogP contribution >= 0.6 is 0 Å². The maximum absolute atomic E-state index is 13.3. The molecule has 0 unspecified atom stereocenters. The second-order valence-electron chi connectivity index (χ2n) is 9.78. The Balaban J connectivity index is 1.27. The summed E-state index contributed by atoms with van der Waals surface area (Å²) in [6, 6.07) is 6.70. The first-order valence-corrected chi connectivity index (χ1v) is 13.2. The first kappa shape index (κ1) is 28.2. The van der Waals surface area contributed by atoms with Crippen LogP contribution in [0.1, 0.15) is 44.6 Å². The van der Waals surface area contributed by atoms with Crippen LogP contribution in [0, 0.1) is 10.1 Å². The number of hydrogen-bond acceptors (Lipinski definition) is 7. The molecule has 10 nitrogen and oxygen atoms in total. The number of carbonyl (C=O) groups is 1. The molecule has 0 radical (unpaired) electrons. The summed E-state index contributed by atoms with van der Waals surface area (Å²) in [5.41, 5.74) is -1.04. The van der Waals surface area contributed by atoms with E-state index in [1.807, 2.05) is 24.0 Å². The minimum atomic E-state index is -4.82. The fraction of sp³-hybridized carbons (Fsp3) is 0.538. The van der Waals surface area contributed by atoms with Crippen LogP contribution < -0.4 is 20.3 Å². The Kier molecular flexibility index (Phi) is 8.97. The van der Waals surface area contributed by atoms with Crippen LogP contribution in [-0.2, 0) is 6.18 Å². The maximum atomic E-state index is 13.3. The Morgan fingerprint density at radius 1 is 1.13 bits per heavy atom. The number of anilines is 2. The van der Waals surface area contributed by atoms with E-state index in [1.165, 1.54) is 6.07 Å². The molecular formula is C26H33F3N6O4. The van der Waals surface area contributed by atoms with Gasteiger partial charge >= 0.3 is 12.2 Å². The Morgan fingerprint density at radius 2 is 1.85 bits per heavy atom. The zero-order valence-corrected chi connectivity index (χ0v) is 21.7. The molecule has 2 aliphatic rings. The van der Waals surface area contributed by atoms with E-state index in [2.05, 4.69) is 20.5 Å². The molecule has 2 fully saturated rings. The summed E-state index contributed by atoms with van der Waals surface area (Å²) in [7, 11) is 0. The van der Waals surface area contributed by atoms with Crippen LogP contribution in [-0.4, -0.2) is 65.7 Å². The van der Waals surface area contributed by atoms with Gasteiger partial charge in [-0.3, -0.25) is 10.1 Å². The van der Waals surface area contributed by atoms with Crippen molar-refractivity contribution in [1.82, 2.24) is 15.2 Å². The predicted octanol–water partition coefficient (Wildman–Crippen LogP) is 5.05. The predicted molar refractivity (Wildman–Crippen MR) is 140 cm³/mol. The number of nitro benzene ring substituents is 1. The molecule has 2 heterocycles. The highest BCUT2D eigenvalue weighted by Gasteiger charge is 2.38. The number of amides is 2. The van der Waals surface area contributed by atoms with Crippen LogP contribution in [0.2, 0.25) is 0 Å². The molecular weight excluding hydrogens is 517 g/mol. The quantitative estimate of drug-likeness (QED) is 0.349. The van der Waals surface area contributed by atoms with Gasteiger partial charge in [-0.15, -0.1) is 0 Å². The molecule has 0 atom stereocenters. The molecule has 1 saturated heterocycles. The number of nitrogens with zero attached hydrogens (tertiary/aromatic N) is 4. The number of nitro groups is 1. The molecule has 2 aromatic rings. The van der Waals surface area contributed by atoms with Crippen molar-refractivity contribution in [3.8, 4) is 5.88 Å². The summed E-state index contributed by atoms with van der Waals surface area (Å²) in [5.74, 6) is 0.511. The maximum Gasteiger partial charge on any atom is 0.423 e. The molecule has 1 aliphatic carbocycles. The first-order chi connectivity index (χ1) is 18.6. The molecule has 1 aromatic heterocycles. The van der Waals surface area contributed by atoms with Crippen LogP contribution in [0.4, 0.5) is 35.0 Å². The van der Waals surface area contributed by atoms with Crippen molar-refractivity contribution in [2.24, 2.45) is 0 Å². The molecule has 2 N–H and O–H groups in total. The van der Waals surface area contributed by atoms with Crippen molar-refractivity contribution < 1.29 is 27.6 Å². The number of carbonyl (C=O) groups excluding carboxylic acids is 1. The third-order valence-electron chi connectivity index (χ3n) is 7.01. The number of piperazine rings is 1. The lowest BCUT2D eigenvalue weighted by Gasteiger charge is -2.36. The lowest BCUT2D eigenvalue weighted by atomic mass is 9.92. The largest absolute Gasteiger partial charge is 0.474 e. The van der Waals surface area contributed by atoms with Crippen molar-refractivity contribution in [2.45, 2.75) is 57.3 Å². The first-order valence-electron chi connectivity index (χ1n) is 13.2. The van der Waals surface area contributed by atoms with E-state index >= 15 is 0 Å². The van der Waals surface area contributed by atoms with Gasteiger partial charge in [0.25, 0.3) is 5.69 Å². The van der Waals surface area contributed by atoms with Gasteiger partial charge in [-0.25, -0.2) is 9.78 Å². The normalized spacial score (nSPS) is 19.9. The zero-order chi connectivity index (χ0) is 28.0. The van der Waals surface area contributed by atoms with Gasteiger partial charge in [0.2, 0.25) is 5.88 Å². The van der Waals surface area contributed by atoms with E-state index in [1.54, 1.807) is 6.20 Å². The van der Waals surface area contributed by atoms with E-state index in [0.29, 0.717) is 64.3 Å². The number of halogens is 3. The number of pyridine rings is 1. The molecule has 39 heavy (non-hydrogen) atoms. The molecule has 0 bridgehead atoms. The van der Waals surface area contributed by atoms with Crippen LogP contribution in [0.15, 0.2) is 36.5 Å². The van der Waals surface area contributed by atoms with Gasteiger partial charge in [0.05, 0.1) is 4.92 Å². The topological polar surface area (TPSA) is 113 Å². The number of ether oxygens (including phenoxy) is 1. The average molecular weight is 551 g/mol. The summed E-state index contributed by atoms with van der Waals surface area (Å²) in [6.07, 6.45) is 0.423. The molecule has 212 valence electrons. The summed E-state index contributed by atoms with van der Waals surface area (Å²) in [6.45, 7) is 5.35. The zero-order valence-electron chi connectivity index (χ0n) is 21.7. The number of rotatable bonds is 8. The van der Waals surface area contributed by atoms with Gasteiger partial charge < -0.3 is 25.2 Å². The SMILES string of the molecule is CCCNC(=O)N1CCN(c2ccnc(O[C@H]3CC[C@H](Nc4ccc([N+](=O)[O-])c(C(F)(F)F)c4)CC3)c2)CC1. The summed E-state index contributed by atoms with van der Waals surface area (Å²) in [5, 5.41) is 17.0. The number of benzene rings is 1. The second-order valence-corrected chi connectivity index (χ2v) is 9.78. The highest BCUT2D eigenvalue weighted by atomic mass is 19.4. The Bertz CT molecular complexity index is 1150. The van der Waals surface area contributed by atoms with Crippen LogP contribution in [0.5, 0.6) is 5.88 Å². The van der Waals surface area contributed by atoms with Gasteiger partial charge in [-0.05, 0) is 50.3 Å². The van der Waals surface area contributed by atoms with Crippen molar-refractivity contribution >= 4 is 23.1 Å². The van der Waals surface area contributed by atoms with Crippen LogP contribution in [0.3, 0.4) is 0 Å². The van der Waals surface area contributed by atoms with Gasteiger partial charge in [-0.2, -0.15) is 13.2 Å². The average Bonchev–Trinajstić information content (AvgIpc) is 2.92. The van der Waals surface area contributed by atoms with Crippen LogP contribution in [0.25, 0.3) is 0 Å². The van der Waals surface area contributed by atoms with E-state index in [-0.39, 0.29) is 23.9 Å². The molecule has 2 amide bonds. The number of urea groups is 1. The Hall–Kier alpha value is -3.77. The Labute approximate surface area is 224 Å². The molecule has 1 aliphatic heterocycles. The number of alkyl halides is 3. The summed E-state index contributed by atoms with van der Waals surface area (Å²) in [4.78, 5) is 30.5. The minimum absolute atomic E-state index is 0.0327. The lowest BCUT2D eigenvalue weighted by Crippen LogP contribution is -2.52.